The van der Waals surface area contributed by atoms with E-state index in [-0.39, 0.29) is 17.7 Å². The van der Waals surface area contributed by atoms with E-state index in [2.05, 4.69) is 10.5 Å². The van der Waals surface area contributed by atoms with Crippen molar-refractivity contribution in [2.45, 2.75) is 36.4 Å². The molecule has 11 heteroatoms. The molecule has 1 aromatic rings. The predicted molar refractivity (Wildman–Crippen MR) is 92.8 cm³/mol. The van der Waals surface area contributed by atoms with Crippen LogP contribution in [0.2, 0.25) is 0 Å². The second-order valence-electron chi connectivity index (χ2n) is 6.60. The summed E-state index contributed by atoms with van der Waals surface area (Å²) in [7, 11) is -4.06. The van der Waals surface area contributed by atoms with Crippen LogP contribution < -0.4 is 5.43 Å². The average Bonchev–Trinajstić information content (AvgIpc) is 2.72. The van der Waals surface area contributed by atoms with Gasteiger partial charge in [-0.15, -0.1) is 0 Å². The van der Waals surface area contributed by atoms with Gasteiger partial charge in [-0.2, -0.15) is 5.10 Å². The summed E-state index contributed by atoms with van der Waals surface area (Å²) < 4.78 is 23.4. The molecule has 0 unspecified atom stereocenters. The quantitative estimate of drug-likeness (QED) is 0.356. The summed E-state index contributed by atoms with van der Waals surface area (Å²) in [5.41, 5.74) is 2.48. The smallest absolute Gasteiger partial charge is 0.328 e. The number of carboxylic acid groups (broad SMARTS) is 1. The number of carbonyl (C=O) groups excluding carboxylic acids is 2. The van der Waals surface area contributed by atoms with Crippen LogP contribution in [-0.4, -0.2) is 63.7 Å². The Morgan fingerprint density at radius 3 is 2.67 bits per heavy atom. The van der Waals surface area contributed by atoms with Crippen molar-refractivity contribution in [3.05, 3.63) is 29.3 Å². The fourth-order valence-corrected chi connectivity index (χ4v) is 5.54. The molecule has 0 bridgehead atoms. The first-order valence-electron chi connectivity index (χ1n) is 7.93. The second-order valence-corrected chi connectivity index (χ2v) is 9.11. The molecular formula is C16H17N3O7S. The summed E-state index contributed by atoms with van der Waals surface area (Å²) in [6, 6.07) is 2.86. The van der Waals surface area contributed by atoms with Crippen LogP contribution in [0.4, 0.5) is 0 Å². The molecule has 2 amide bonds. The number of phenolic OH excluding ortho intramolecular Hbond substituents is 1. The highest BCUT2D eigenvalue weighted by atomic mass is 32.2. The van der Waals surface area contributed by atoms with E-state index >= 15 is 0 Å². The number of sulfone groups is 1. The number of carbonyl (C=O) groups is 3. The number of benzene rings is 1. The SMILES string of the molecule is Cc1cccc(C(=O)N/N=C/[C@@]2(C)[C@H](C(=O)O)N3C(=O)C[C@H]3S2(=O)=O)c1O. The standard InChI is InChI=1S/C16H17N3O7S/c1-8-4-3-5-9(12(8)21)14(22)18-17-7-16(2)13(15(23)24)19-10(20)6-11(19)27(16,25)26/h3-5,7,11,13,21H,6H2,1-2H3,(H,18,22)(H,23,24)/b17-7+/t11-,13+,16+/m1/s1. The molecule has 2 aliphatic rings. The Labute approximate surface area is 154 Å². The fraction of sp³-hybridized carbons (Fsp3) is 0.375. The molecule has 0 aromatic heterocycles. The van der Waals surface area contributed by atoms with Gasteiger partial charge in [0.2, 0.25) is 5.91 Å². The van der Waals surface area contributed by atoms with E-state index in [9.17, 15) is 33.0 Å². The maximum atomic E-state index is 12.7. The molecule has 0 aliphatic carbocycles. The minimum Gasteiger partial charge on any atom is -0.507 e. The molecular weight excluding hydrogens is 378 g/mol. The Balaban J connectivity index is 1.88. The van der Waals surface area contributed by atoms with Gasteiger partial charge in [0.1, 0.15) is 15.9 Å². The van der Waals surface area contributed by atoms with E-state index in [1.165, 1.54) is 6.07 Å². The van der Waals surface area contributed by atoms with E-state index in [1.807, 2.05) is 0 Å². The molecule has 2 heterocycles. The Hall–Kier alpha value is -2.95. The zero-order valence-corrected chi connectivity index (χ0v) is 15.2. The summed E-state index contributed by atoms with van der Waals surface area (Å²) in [6.07, 6.45) is 0.538. The van der Waals surface area contributed by atoms with Crippen LogP contribution in [-0.2, 0) is 19.4 Å². The van der Waals surface area contributed by atoms with Gasteiger partial charge in [0.05, 0.1) is 12.0 Å². The number of aryl methyl sites for hydroxylation is 1. The monoisotopic (exact) mass is 395 g/mol. The lowest BCUT2D eigenvalue weighted by atomic mass is 9.97. The highest BCUT2D eigenvalue weighted by molar-refractivity contribution is 7.94. The Morgan fingerprint density at radius 2 is 2.07 bits per heavy atom. The van der Waals surface area contributed by atoms with Crippen molar-refractivity contribution in [2.75, 3.05) is 0 Å². The van der Waals surface area contributed by atoms with E-state index in [1.54, 1.807) is 19.1 Å². The topological polar surface area (TPSA) is 153 Å². The summed E-state index contributed by atoms with van der Waals surface area (Å²) in [5, 5.41) is 21.7. The molecule has 0 radical (unpaired) electrons. The van der Waals surface area contributed by atoms with E-state index < -0.39 is 43.8 Å². The van der Waals surface area contributed by atoms with Gasteiger partial charge < -0.3 is 15.1 Å². The number of rotatable bonds is 4. The third kappa shape index (κ3) is 2.57. The lowest BCUT2D eigenvalue weighted by molar-refractivity contribution is -0.156. The van der Waals surface area contributed by atoms with E-state index in [0.29, 0.717) is 5.56 Å². The van der Waals surface area contributed by atoms with Gasteiger partial charge in [0.25, 0.3) is 5.91 Å². The van der Waals surface area contributed by atoms with Crippen molar-refractivity contribution in [3.63, 3.8) is 0 Å². The number of amides is 2. The summed E-state index contributed by atoms with van der Waals surface area (Å²) >= 11 is 0. The number of para-hydroxylation sites is 1. The molecule has 0 spiro atoms. The maximum absolute atomic E-state index is 12.7. The molecule has 3 atom stereocenters. The van der Waals surface area contributed by atoms with Crippen LogP contribution >= 0.6 is 0 Å². The summed E-state index contributed by atoms with van der Waals surface area (Å²) in [4.78, 5) is 36.3. The van der Waals surface area contributed by atoms with Crippen LogP contribution in [0.15, 0.2) is 23.3 Å². The van der Waals surface area contributed by atoms with Crippen molar-refractivity contribution in [2.24, 2.45) is 5.10 Å². The molecule has 2 aliphatic heterocycles. The van der Waals surface area contributed by atoms with Gasteiger partial charge in [-0.1, -0.05) is 12.1 Å². The van der Waals surface area contributed by atoms with Crippen LogP contribution in [0.1, 0.15) is 29.3 Å². The van der Waals surface area contributed by atoms with Crippen LogP contribution in [0.3, 0.4) is 0 Å². The van der Waals surface area contributed by atoms with Gasteiger partial charge in [-0.3, -0.25) is 9.59 Å². The molecule has 3 rings (SSSR count). The Kier molecular flexibility index (Phi) is 4.22. The van der Waals surface area contributed by atoms with Crippen molar-refractivity contribution in [3.8, 4) is 5.75 Å². The fourth-order valence-electron chi connectivity index (χ4n) is 3.33. The number of carboxylic acids is 1. The molecule has 2 saturated heterocycles. The molecule has 2 fully saturated rings. The zero-order valence-electron chi connectivity index (χ0n) is 14.4. The number of hydrazone groups is 1. The predicted octanol–water partition coefficient (Wildman–Crippen LogP) is -0.385. The van der Waals surface area contributed by atoms with Crippen LogP contribution in [0, 0.1) is 6.92 Å². The third-order valence-corrected chi connectivity index (χ3v) is 7.61. The normalized spacial score (nSPS) is 28.7. The number of aromatic hydroxyl groups is 1. The van der Waals surface area contributed by atoms with Gasteiger partial charge in [-0.05, 0) is 25.5 Å². The van der Waals surface area contributed by atoms with Gasteiger partial charge in [-0.25, -0.2) is 18.6 Å². The van der Waals surface area contributed by atoms with Gasteiger partial charge >= 0.3 is 5.97 Å². The molecule has 1 aromatic carbocycles. The molecule has 27 heavy (non-hydrogen) atoms. The van der Waals surface area contributed by atoms with Gasteiger partial charge in [0, 0.05) is 6.21 Å². The first kappa shape index (κ1) is 18.8. The van der Waals surface area contributed by atoms with Crippen molar-refractivity contribution in [1.82, 2.24) is 10.3 Å². The van der Waals surface area contributed by atoms with Gasteiger partial charge in [0.15, 0.2) is 15.9 Å². The minimum atomic E-state index is -4.06. The van der Waals surface area contributed by atoms with Crippen molar-refractivity contribution in [1.29, 1.82) is 0 Å². The number of hydrogen-bond acceptors (Lipinski definition) is 7. The number of β-lactam (4-membered cyclic amide) rings is 1. The number of aliphatic carboxylic acids is 1. The van der Waals surface area contributed by atoms with Crippen LogP contribution in [0.25, 0.3) is 0 Å². The Morgan fingerprint density at radius 1 is 1.41 bits per heavy atom. The molecule has 10 nitrogen and oxygen atoms in total. The number of hydrogen-bond donors (Lipinski definition) is 3. The lowest BCUT2D eigenvalue weighted by Crippen LogP contribution is -2.57. The number of nitrogens with zero attached hydrogens (tertiary/aromatic N) is 2. The van der Waals surface area contributed by atoms with E-state index in [4.69, 9.17) is 0 Å². The average molecular weight is 395 g/mol. The number of fused-ring (bicyclic) bond motifs is 1. The van der Waals surface area contributed by atoms with E-state index in [0.717, 1.165) is 18.0 Å². The number of phenols is 1. The first-order chi connectivity index (χ1) is 12.5. The molecule has 3 N–H and O–H groups in total. The molecule has 0 saturated carbocycles. The largest absolute Gasteiger partial charge is 0.507 e. The third-order valence-electron chi connectivity index (χ3n) is 4.94. The lowest BCUT2D eigenvalue weighted by Gasteiger charge is -2.35. The highest BCUT2D eigenvalue weighted by Gasteiger charge is 2.69. The highest BCUT2D eigenvalue weighted by Crippen LogP contribution is 2.45. The Bertz CT molecular complexity index is 988. The van der Waals surface area contributed by atoms with Crippen molar-refractivity contribution >= 4 is 33.8 Å². The molecule has 144 valence electrons. The number of nitrogens with one attached hydrogen (secondary N) is 1. The second kappa shape index (κ2) is 6.05. The minimum absolute atomic E-state index is 0.0691. The van der Waals surface area contributed by atoms with Crippen LogP contribution in [0.5, 0.6) is 5.75 Å². The van der Waals surface area contributed by atoms with Crippen molar-refractivity contribution < 1.29 is 33.0 Å². The first-order valence-corrected chi connectivity index (χ1v) is 9.47. The maximum Gasteiger partial charge on any atom is 0.328 e. The summed E-state index contributed by atoms with van der Waals surface area (Å²) in [5.74, 6) is -3.09. The summed E-state index contributed by atoms with van der Waals surface area (Å²) in [6.45, 7) is 2.74. The zero-order chi connectivity index (χ0) is 20.1.